The Hall–Kier alpha value is -3.31. The third kappa shape index (κ3) is 3.82. The van der Waals surface area contributed by atoms with Crippen molar-refractivity contribution in [3.05, 3.63) is 90.5 Å². The molecule has 29 heavy (non-hydrogen) atoms. The number of hydrogen-bond acceptors (Lipinski definition) is 4. The lowest BCUT2D eigenvalue weighted by Gasteiger charge is -2.49. The molecule has 0 spiro atoms. The Bertz CT molecular complexity index is 944. The van der Waals surface area contributed by atoms with Crippen LogP contribution in [0.2, 0.25) is 0 Å². The second-order valence-corrected chi connectivity index (χ2v) is 6.98. The molecule has 5 heteroatoms. The van der Waals surface area contributed by atoms with Crippen LogP contribution in [0, 0.1) is 5.92 Å². The maximum Gasteiger partial charge on any atom is 0.235 e. The molecule has 0 aliphatic carbocycles. The molecule has 1 heterocycles. The van der Waals surface area contributed by atoms with E-state index in [1.807, 2.05) is 84.9 Å². The Morgan fingerprint density at radius 2 is 1.52 bits per heavy atom. The van der Waals surface area contributed by atoms with Crippen LogP contribution in [0.15, 0.2) is 84.9 Å². The Morgan fingerprint density at radius 1 is 0.897 bits per heavy atom. The summed E-state index contributed by atoms with van der Waals surface area (Å²) < 4.78 is 10.9. The van der Waals surface area contributed by atoms with Gasteiger partial charge >= 0.3 is 0 Å². The number of carbonyl (C=O) groups is 1. The zero-order chi connectivity index (χ0) is 20.2. The average Bonchev–Trinajstić information content (AvgIpc) is 2.77. The van der Waals surface area contributed by atoms with E-state index >= 15 is 0 Å². The van der Waals surface area contributed by atoms with Crippen molar-refractivity contribution in [3.63, 3.8) is 0 Å². The number of amides is 1. The molecular formula is C24H23NO4. The molecule has 3 aromatic rings. The summed E-state index contributed by atoms with van der Waals surface area (Å²) in [6, 6.07) is 26.1. The minimum absolute atomic E-state index is 0.0513. The van der Waals surface area contributed by atoms with Gasteiger partial charge in [0.2, 0.25) is 5.91 Å². The molecule has 2 unspecified atom stereocenters. The van der Waals surface area contributed by atoms with E-state index in [0.717, 1.165) is 17.0 Å². The van der Waals surface area contributed by atoms with Crippen molar-refractivity contribution in [2.24, 2.45) is 5.92 Å². The first-order valence-corrected chi connectivity index (χ1v) is 9.57. The van der Waals surface area contributed by atoms with Crippen LogP contribution >= 0.6 is 0 Å². The van der Waals surface area contributed by atoms with Crippen LogP contribution in [-0.4, -0.2) is 30.8 Å². The van der Waals surface area contributed by atoms with E-state index in [2.05, 4.69) is 0 Å². The highest BCUT2D eigenvalue weighted by Gasteiger charge is 2.52. The van der Waals surface area contributed by atoms with E-state index < -0.39 is 12.0 Å². The van der Waals surface area contributed by atoms with Crippen molar-refractivity contribution < 1.29 is 19.4 Å². The Labute approximate surface area is 170 Å². The summed E-state index contributed by atoms with van der Waals surface area (Å²) in [5.41, 5.74) is 1.75. The zero-order valence-electron chi connectivity index (χ0n) is 16.1. The Morgan fingerprint density at radius 3 is 2.14 bits per heavy atom. The highest BCUT2D eigenvalue weighted by Crippen LogP contribution is 2.45. The summed E-state index contributed by atoms with van der Waals surface area (Å²) in [7, 11) is 1.62. The smallest absolute Gasteiger partial charge is 0.235 e. The summed E-state index contributed by atoms with van der Waals surface area (Å²) >= 11 is 0. The van der Waals surface area contributed by atoms with Crippen molar-refractivity contribution in [3.8, 4) is 11.5 Å². The van der Waals surface area contributed by atoms with Gasteiger partial charge in [-0.05, 0) is 42.0 Å². The quantitative estimate of drug-likeness (QED) is 0.624. The minimum Gasteiger partial charge on any atom is -0.497 e. The number of carbonyl (C=O) groups excluding carboxylic acids is 1. The first-order valence-electron chi connectivity index (χ1n) is 9.57. The van der Waals surface area contributed by atoms with Gasteiger partial charge in [0.1, 0.15) is 24.2 Å². The maximum atomic E-state index is 13.0. The Balaban J connectivity index is 1.58. The molecule has 0 radical (unpaired) electrons. The average molecular weight is 389 g/mol. The van der Waals surface area contributed by atoms with Crippen molar-refractivity contribution in [1.29, 1.82) is 0 Å². The lowest BCUT2D eigenvalue weighted by molar-refractivity contribution is -0.137. The van der Waals surface area contributed by atoms with Gasteiger partial charge in [-0.15, -0.1) is 0 Å². The van der Waals surface area contributed by atoms with Crippen LogP contribution in [0.25, 0.3) is 0 Å². The minimum atomic E-state index is -0.922. The van der Waals surface area contributed by atoms with Crippen LogP contribution in [0.4, 0.5) is 5.69 Å². The molecule has 1 aliphatic rings. The first kappa shape index (κ1) is 19.0. The largest absolute Gasteiger partial charge is 0.497 e. The number of hydrogen-bond donors (Lipinski definition) is 1. The number of methoxy groups -OCH3 is 1. The molecule has 148 valence electrons. The van der Waals surface area contributed by atoms with Crippen LogP contribution in [-0.2, 0) is 4.79 Å². The van der Waals surface area contributed by atoms with Crippen LogP contribution in [0.5, 0.6) is 11.5 Å². The van der Waals surface area contributed by atoms with Crippen molar-refractivity contribution >= 4 is 11.6 Å². The second kappa shape index (κ2) is 8.37. The summed E-state index contributed by atoms with van der Waals surface area (Å²) in [6.45, 7) is 0.0513. The van der Waals surface area contributed by atoms with Gasteiger partial charge in [0.15, 0.2) is 0 Å². The van der Waals surface area contributed by atoms with Gasteiger partial charge in [0, 0.05) is 5.69 Å². The summed E-state index contributed by atoms with van der Waals surface area (Å²) in [6.07, 6.45) is -0.922. The molecule has 4 rings (SSSR count). The van der Waals surface area contributed by atoms with Gasteiger partial charge in [-0.25, -0.2) is 0 Å². The number of benzene rings is 3. The van der Waals surface area contributed by atoms with Gasteiger partial charge in [-0.3, -0.25) is 4.79 Å². The predicted octanol–water partition coefficient (Wildman–Crippen LogP) is 3.84. The lowest BCUT2D eigenvalue weighted by atomic mass is 9.78. The van der Waals surface area contributed by atoms with E-state index in [1.165, 1.54) is 0 Å². The monoisotopic (exact) mass is 389 g/mol. The molecule has 1 N–H and O–H groups in total. The van der Waals surface area contributed by atoms with Gasteiger partial charge < -0.3 is 19.5 Å². The molecule has 0 bridgehead atoms. The second-order valence-electron chi connectivity index (χ2n) is 6.98. The maximum absolute atomic E-state index is 13.0. The van der Waals surface area contributed by atoms with E-state index in [4.69, 9.17) is 9.47 Å². The number of nitrogens with zero attached hydrogens (tertiary/aromatic N) is 1. The molecule has 3 atom stereocenters. The number of rotatable bonds is 7. The first-order chi connectivity index (χ1) is 14.2. The zero-order valence-corrected chi connectivity index (χ0v) is 16.1. The number of para-hydroxylation sites is 2. The predicted molar refractivity (Wildman–Crippen MR) is 111 cm³/mol. The third-order valence-corrected chi connectivity index (χ3v) is 5.21. The summed E-state index contributed by atoms with van der Waals surface area (Å²) in [4.78, 5) is 14.7. The van der Waals surface area contributed by atoms with Gasteiger partial charge in [0.25, 0.3) is 0 Å². The fraction of sp³-hybridized carbons (Fsp3) is 0.208. The molecule has 1 fully saturated rings. The molecular weight excluding hydrogens is 366 g/mol. The molecule has 0 aromatic heterocycles. The summed E-state index contributed by atoms with van der Waals surface area (Å²) in [5.74, 6) is 0.725. The number of β-lactam (4-membered cyclic amide) rings is 1. The number of aliphatic hydroxyl groups is 1. The van der Waals surface area contributed by atoms with E-state index in [-0.39, 0.29) is 18.6 Å². The number of ether oxygens (including phenoxy) is 2. The molecule has 1 aliphatic heterocycles. The van der Waals surface area contributed by atoms with Crippen LogP contribution < -0.4 is 14.4 Å². The molecule has 1 saturated heterocycles. The molecule has 3 aromatic carbocycles. The van der Waals surface area contributed by atoms with Crippen molar-refractivity contribution in [2.75, 3.05) is 18.6 Å². The van der Waals surface area contributed by atoms with Crippen LogP contribution in [0.3, 0.4) is 0 Å². The van der Waals surface area contributed by atoms with E-state index in [1.54, 1.807) is 12.0 Å². The fourth-order valence-corrected chi connectivity index (χ4v) is 3.72. The summed E-state index contributed by atoms with van der Waals surface area (Å²) in [5, 5.41) is 10.8. The third-order valence-electron chi connectivity index (χ3n) is 5.21. The van der Waals surface area contributed by atoms with Gasteiger partial charge in [-0.2, -0.15) is 0 Å². The van der Waals surface area contributed by atoms with Crippen molar-refractivity contribution in [1.82, 2.24) is 0 Å². The Kier molecular flexibility index (Phi) is 5.49. The molecule has 5 nitrogen and oxygen atoms in total. The van der Waals surface area contributed by atoms with E-state index in [0.29, 0.717) is 5.75 Å². The molecule has 1 amide bonds. The standard InChI is InChI=1S/C24H23NO4/c1-28-19-14-12-17(13-15-19)23-22(21(26)16-29-20-10-6-3-7-11-20)24(27)25(23)18-8-4-2-5-9-18/h2-15,21-23,26H,16H2,1H3/t21-,22?,23?/m1/s1. The topological polar surface area (TPSA) is 59.0 Å². The number of aliphatic hydroxyl groups excluding tert-OH is 1. The van der Waals surface area contributed by atoms with Crippen molar-refractivity contribution in [2.45, 2.75) is 12.1 Å². The van der Waals surface area contributed by atoms with E-state index in [9.17, 15) is 9.90 Å². The SMILES string of the molecule is COc1ccc(C2C([C@H](O)COc3ccccc3)C(=O)N2c2ccccc2)cc1. The normalized spacial score (nSPS) is 19.4. The highest BCUT2D eigenvalue weighted by atomic mass is 16.5. The van der Waals surface area contributed by atoms with Gasteiger partial charge in [0.05, 0.1) is 19.1 Å². The van der Waals surface area contributed by atoms with Crippen LogP contribution in [0.1, 0.15) is 11.6 Å². The fourth-order valence-electron chi connectivity index (χ4n) is 3.72. The molecule has 0 saturated carbocycles. The lowest BCUT2D eigenvalue weighted by Crippen LogP contribution is -2.60. The number of anilines is 1. The highest BCUT2D eigenvalue weighted by molar-refractivity contribution is 6.03. The van der Waals surface area contributed by atoms with Gasteiger partial charge in [-0.1, -0.05) is 48.5 Å².